The first-order chi connectivity index (χ1) is 10.6. The zero-order valence-electron chi connectivity index (χ0n) is 13.0. The van der Waals surface area contributed by atoms with Crippen molar-refractivity contribution >= 4 is 29.9 Å². The van der Waals surface area contributed by atoms with Crippen molar-refractivity contribution in [1.82, 2.24) is 4.90 Å². The lowest BCUT2D eigenvalue weighted by Crippen LogP contribution is -2.41. The van der Waals surface area contributed by atoms with Gasteiger partial charge >= 0.3 is 0 Å². The summed E-state index contributed by atoms with van der Waals surface area (Å²) in [6.07, 6.45) is 2.48. The van der Waals surface area contributed by atoms with E-state index in [-0.39, 0.29) is 36.0 Å². The molecule has 0 unspecified atom stereocenters. The Kier molecular flexibility index (Phi) is 7.98. The molecule has 2 rings (SSSR count). The number of rotatable bonds is 5. The van der Waals surface area contributed by atoms with Crippen LogP contribution in [0.4, 0.5) is 10.1 Å². The molecule has 1 aliphatic heterocycles. The van der Waals surface area contributed by atoms with Gasteiger partial charge in [0.15, 0.2) is 0 Å². The van der Waals surface area contributed by atoms with Gasteiger partial charge in [-0.25, -0.2) is 4.39 Å². The number of amides is 2. The Morgan fingerprint density at radius 2 is 1.83 bits per heavy atom. The zero-order chi connectivity index (χ0) is 15.9. The fourth-order valence-electron chi connectivity index (χ4n) is 2.58. The van der Waals surface area contributed by atoms with Crippen LogP contribution in [-0.2, 0) is 9.59 Å². The molecule has 1 heterocycles. The second-order valence-electron chi connectivity index (χ2n) is 5.54. The van der Waals surface area contributed by atoms with Gasteiger partial charge in [0.05, 0.1) is 0 Å². The maximum Gasteiger partial charge on any atom is 0.227 e. The summed E-state index contributed by atoms with van der Waals surface area (Å²) >= 11 is 0. The van der Waals surface area contributed by atoms with Crippen LogP contribution in [0.5, 0.6) is 0 Å². The molecule has 1 saturated heterocycles. The van der Waals surface area contributed by atoms with Gasteiger partial charge < -0.3 is 16.0 Å². The molecule has 23 heavy (non-hydrogen) atoms. The van der Waals surface area contributed by atoms with Gasteiger partial charge in [-0.3, -0.25) is 9.59 Å². The number of hydrogen-bond acceptors (Lipinski definition) is 3. The van der Waals surface area contributed by atoms with Gasteiger partial charge in [0.2, 0.25) is 11.8 Å². The molecule has 0 bridgehead atoms. The van der Waals surface area contributed by atoms with Crippen LogP contribution in [0.15, 0.2) is 24.3 Å². The van der Waals surface area contributed by atoms with E-state index in [4.69, 9.17) is 5.73 Å². The molecular weight excluding hydrogens is 321 g/mol. The number of hydrogen-bond donors (Lipinski definition) is 2. The minimum atomic E-state index is -0.331. The Bertz CT molecular complexity index is 517. The van der Waals surface area contributed by atoms with Gasteiger partial charge in [0, 0.05) is 31.1 Å². The summed E-state index contributed by atoms with van der Waals surface area (Å²) in [6, 6.07) is 5.71. The average molecular weight is 344 g/mol. The predicted octanol–water partition coefficient (Wildman–Crippen LogP) is 2.16. The Morgan fingerprint density at radius 3 is 2.39 bits per heavy atom. The van der Waals surface area contributed by atoms with Gasteiger partial charge in [0.25, 0.3) is 0 Å². The Labute approximate surface area is 141 Å². The number of nitrogens with zero attached hydrogens (tertiary/aromatic N) is 1. The van der Waals surface area contributed by atoms with E-state index in [0.717, 1.165) is 0 Å². The summed E-state index contributed by atoms with van der Waals surface area (Å²) in [5.74, 6) is -0.394. The fraction of sp³-hybridized carbons (Fsp3) is 0.500. The lowest BCUT2D eigenvalue weighted by molar-refractivity contribution is -0.134. The third kappa shape index (κ3) is 5.80. The van der Waals surface area contributed by atoms with Crippen molar-refractivity contribution in [2.24, 2.45) is 11.7 Å². The van der Waals surface area contributed by atoms with E-state index in [1.165, 1.54) is 12.1 Å². The third-order valence-electron chi connectivity index (χ3n) is 3.92. The highest BCUT2D eigenvalue weighted by Gasteiger charge is 2.27. The molecule has 3 N–H and O–H groups in total. The van der Waals surface area contributed by atoms with Crippen molar-refractivity contribution in [2.45, 2.75) is 25.7 Å². The molecule has 1 fully saturated rings. The quantitative estimate of drug-likeness (QED) is 0.860. The maximum atomic E-state index is 12.8. The minimum Gasteiger partial charge on any atom is -0.343 e. The molecule has 0 aliphatic carbocycles. The number of halogens is 2. The summed E-state index contributed by atoms with van der Waals surface area (Å²) in [7, 11) is 0. The predicted molar refractivity (Wildman–Crippen MR) is 89.9 cm³/mol. The molecule has 7 heteroatoms. The topological polar surface area (TPSA) is 75.4 Å². The Hall–Kier alpha value is -1.66. The number of carbonyl (C=O) groups excluding carboxylic acids is 2. The highest BCUT2D eigenvalue weighted by molar-refractivity contribution is 5.92. The van der Waals surface area contributed by atoms with Crippen LogP contribution < -0.4 is 11.1 Å². The molecule has 128 valence electrons. The molecule has 1 aliphatic rings. The van der Waals surface area contributed by atoms with Crippen molar-refractivity contribution in [3.05, 3.63) is 30.1 Å². The number of piperidine rings is 1. The van der Waals surface area contributed by atoms with E-state index in [1.54, 1.807) is 17.0 Å². The molecule has 1 aromatic rings. The molecule has 0 radical (unpaired) electrons. The van der Waals surface area contributed by atoms with Crippen LogP contribution in [-0.4, -0.2) is 36.3 Å². The lowest BCUT2D eigenvalue weighted by Gasteiger charge is -2.31. The smallest absolute Gasteiger partial charge is 0.227 e. The number of anilines is 1. The monoisotopic (exact) mass is 343 g/mol. The molecule has 0 spiro atoms. The molecule has 2 amide bonds. The maximum absolute atomic E-state index is 12.8. The first kappa shape index (κ1) is 19.4. The summed E-state index contributed by atoms with van der Waals surface area (Å²) in [6.45, 7) is 1.72. The van der Waals surface area contributed by atoms with Crippen molar-refractivity contribution in [2.75, 3.05) is 25.0 Å². The van der Waals surface area contributed by atoms with Gasteiger partial charge in [-0.15, -0.1) is 12.4 Å². The van der Waals surface area contributed by atoms with Gasteiger partial charge in [-0.05, 0) is 50.1 Å². The van der Waals surface area contributed by atoms with Crippen molar-refractivity contribution in [3.63, 3.8) is 0 Å². The normalized spacial score (nSPS) is 15.0. The summed E-state index contributed by atoms with van der Waals surface area (Å²) in [5.41, 5.74) is 5.99. The molecule has 1 aromatic carbocycles. The SMILES string of the molecule is Cl.NCCCC(=O)N1CCC(C(=O)Nc2ccc(F)cc2)CC1. The van der Waals surface area contributed by atoms with Crippen LogP contribution in [0.25, 0.3) is 0 Å². The number of nitrogens with two attached hydrogens (primary N) is 1. The summed E-state index contributed by atoms with van der Waals surface area (Å²) < 4.78 is 12.8. The van der Waals surface area contributed by atoms with Crippen LogP contribution in [0.3, 0.4) is 0 Å². The molecule has 0 aromatic heterocycles. The summed E-state index contributed by atoms with van der Waals surface area (Å²) in [4.78, 5) is 25.9. The minimum absolute atomic E-state index is 0. The highest BCUT2D eigenvalue weighted by atomic mass is 35.5. The first-order valence-corrected chi connectivity index (χ1v) is 7.64. The number of benzene rings is 1. The molecule has 5 nitrogen and oxygen atoms in total. The number of carbonyl (C=O) groups is 2. The molecule has 0 atom stereocenters. The number of nitrogens with one attached hydrogen (secondary N) is 1. The van der Waals surface area contributed by atoms with Crippen LogP contribution in [0.2, 0.25) is 0 Å². The van der Waals surface area contributed by atoms with E-state index in [2.05, 4.69) is 5.32 Å². The van der Waals surface area contributed by atoms with Crippen molar-refractivity contribution in [1.29, 1.82) is 0 Å². The van der Waals surface area contributed by atoms with Gasteiger partial charge in [0.1, 0.15) is 5.82 Å². The zero-order valence-corrected chi connectivity index (χ0v) is 13.8. The molecule has 0 saturated carbocycles. The Balaban J connectivity index is 0.00000264. The fourth-order valence-corrected chi connectivity index (χ4v) is 2.58. The average Bonchev–Trinajstić information content (AvgIpc) is 2.55. The highest BCUT2D eigenvalue weighted by Crippen LogP contribution is 2.20. The van der Waals surface area contributed by atoms with Crippen LogP contribution in [0, 0.1) is 11.7 Å². The summed E-state index contributed by atoms with van der Waals surface area (Å²) in [5, 5.41) is 2.79. The van der Waals surface area contributed by atoms with Gasteiger partial charge in [-0.2, -0.15) is 0 Å². The molecular formula is C16H23ClFN3O2. The standard InChI is InChI=1S/C16H22FN3O2.ClH/c17-13-3-5-14(6-4-13)19-16(22)12-7-10-20(11-8-12)15(21)2-1-9-18;/h3-6,12H,1-2,7-11,18H2,(H,19,22);1H. The second-order valence-corrected chi connectivity index (χ2v) is 5.54. The Morgan fingerprint density at radius 1 is 1.22 bits per heavy atom. The van der Waals surface area contributed by atoms with E-state index < -0.39 is 0 Å². The number of likely N-dealkylation sites (tertiary alicyclic amines) is 1. The van der Waals surface area contributed by atoms with E-state index in [1.807, 2.05) is 0 Å². The second kappa shape index (κ2) is 9.47. The third-order valence-corrected chi connectivity index (χ3v) is 3.92. The van der Waals surface area contributed by atoms with Crippen LogP contribution >= 0.6 is 12.4 Å². The van der Waals surface area contributed by atoms with Crippen molar-refractivity contribution in [3.8, 4) is 0 Å². The van der Waals surface area contributed by atoms with E-state index >= 15 is 0 Å². The van der Waals surface area contributed by atoms with E-state index in [9.17, 15) is 14.0 Å². The first-order valence-electron chi connectivity index (χ1n) is 7.64. The van der Waals surface area contributed by atoms with Crippen molar-refractivity contribution < 1.29 is 14.0 Å². The van der Waals surface area contributed by atoms with E-state index in [0.29, 0.717) is 51.0 Å². The van der Waals surface area contributed by atoms with Gasteiger partial charge in [-0.1, -0.05) is 0 Å². The van der Waals surface area contributed by atoms with Crippen LogP contribution in [0.1, 0.15) is 25.7 Å². The largest absolute Gasteiger partial charge is 0.343 e. The lowest BCUT2D eigenvalue weighted by atomic mass is 9.95.